The molecule has 0 amide bonds. The molecule has 0 saturated carbocycles. The fraction of sp³-hybridized carbons (Fsp3) is 0.200. The zero-order chi connectivity index (χ0) is 17.2. The van der Waals surface area contributed by atoms with Crippen molar-refractivity contribution in [1.82, 2.24) is 14.9 Å². The Kier molecular flexibility index (Phi) is 5.14. The Bertz CT molecular complexity index is 933. The number of thiophene rings is 1. The van der Waals surface area contributed by atoms with Crippen LogP contribution >= 0.6 is 27.3 Å². The lowest BCUT2D eigenvalue weighted by Gasteiger charge is -2.04. The van der Waals surface area contributed by atoms with E-state index >= 15 is 0 Å². The average Bonchev–Trinajstić information content (AvgIpc) is 3.23. The molecule has 0 spiro atoms. The van der Waals surface area contributed by atoms with E-state index in [1.165, 1.54) is 0 Å². The second kappa shape index (κ2) is 7.14. The van der Waals surface area contributed by atoms with Gasteiger partial charge in [0.1, 0.15) is 4.21 Å². The molecule has 2 heterocycles. The van der Waals surface area contributed by atoms with E-state index < -0.39 is 10.0 Å². The average molecular weight is 428 g/mol. The minimum absolute atomic E-state index is 0.220. The lowest BCUT2D eigenvalue weighted by atomic mass is 10.2. The molecule has 0 aliphatic rings. The van der Waals surface area contributed by atoms with Gasteiger partial charge in [-0.1, -0.05) is 40.1 Å². The molecule has 9 heteroatoms. The van der Waals surface area contributed by atoms with Gasteiger partial charge in [0.05, 0.1) is 0 Å². The molecular weight excluding hydrogens is 414 g/mol. The highest BCUT2D eigenvalue weighted by Gasteiger charge is 2.19. The van der Waals surface area contributed by atoms with E-state index in [-0.39, 0.29) is 10.8 Å². The fourth-order valence-electron chi connectivity index (χ4n) is 1.94. The van der Waals surface area contributed by atoms with Gasteiger partial charge >= 0.3 is 0 Å². The first-order valence-electron chi connectivity index (χ1n) is 7.13. The number of hydrogen-bond acceptors (Lipinski definition) is 6. The minimum Gasteiger partial charge on any atom is -0.339 e. The number of rotatable bonds is 6. The number of sulfonamides is 1. The second-order valence-corrected chi connectivity index (χ2v) is 8.79. The van der Waals surface area contributed by atoms with Crippen LogP contribution < -0.4 is 4.72 Å². The van der Waals surface area contributed by atoms with Crippen LogP contribution in [0.1, 0.15) is 18.4 Å². The molecule has 0 saturated heterocycles. The Balaban J connectivity index is 1.74. The van der Waals surface area contributed by atoms with E-state index in [2.05, 4.69) is 30.8 Å². The van der Waals surface area contributed by atoms with Crippen LogP contribution in [-0.4, -0.2) is 18.6 Å². The lowest BCUT2D eigenvalue weighted by molar-refractivity contribution is 0.383. The molecule has 6 nitrogen and oxygen atoms in total. The summed E-state index contributed by atoms with van der Waals surface area (Å²) in [5.74, 6) is 0.923. The predicted molar refractivity (Wildman–Crippen MR) is 95.2 cm³/mol. The predicted octanol–water partition coefficient (Wildman–Crippen LogP) is 3.60. The molecule has 0 atom stereocenters. The summed E-state index contributed by atoms with van der Waals surface area (Å²) in [6, 6.07) is 9.01. The number of nitrogens with one attached hydrogen (secondary N) is 1. The molecule has 3 rings (SSSR count). The van der Waals surface area contributed by atoms with Gasteiger partial charge in [-0.25, -0.2) is 13.1 Å². The Morgan fingerprint density at radius 1 is 1.29 bits per heavy atom. The fourth-order valence-corrected chi connectivity index (χ4v) is 4.43. The number of aromatic nitrogens is 2. The van der Waals surface area contributed by atoms with Crippen molar-refractivity contribution in [3.8, 4) is 11.4 Å². The van der Waals surface area contributed by atoms with Gasteiger partial charge in [0.2, 0.25) is 21.7 Å². The molecule has 2 aromatic heterocycles. The third kappa shape index (κ3) is 3.92. The normalized spacial score (nSPS) is 11.8. The van der Waals surface area contributed by atoms with Gasteiger partial charge < -0.3 is 4.52 Å². The molecule has 1 N–H and O–H groups in total. The third-order valence-corrected chi connectivity index (χ3v) is 6.62. The van der Waals surface area contributed by atoms with Crippen LogP contribution in [0.15, 0.2) is 48.9 Å². The van der Waals surface area contributed by atoms with Crippen molar-refractivity contribution in [2.24, 2.45) is 0 Å². The van der Waals surface area contributed by atoms with Crippen molar-refractivity contribution < 1.29 is 12.9 Å². The maximum Gasteiger partial charge on any atom is 0.250 e. The maximum atomic E-state index is 12.4. The van der Waals surface area contributed by atoms with Crippen molar-refractivity contribution in [2.75, 3.05) is 0 Å². The summed E-state index contributed by atoms with van der Waals surface area (Å²) in [6.45, 7) is 2.14. The summed E-state index contributed by atoms with van der Waals surface area (Å²) < 4.78 is 33.6. The summed E-state index contributed by atoms with van der Waals surface area (Å²) in [5.41, 5.74) is 1.51. The van der Waals surface area contributed by atoms with E-state index in [0.29, 0.717) is 23.7 Å². The minimum atomic E-state index is -3.58. The van der Waals surface area contributed by atoms with Gasteiger partial charge in [0.25, 0.3) is 0 Å². The van der Waals surface area contributed by atoms with Crippen LogP contribution in [0.5, 0.6) is 0 Å². The first-order valence-corrected chi connectivity index (χ1v) is 10.3. The van der Waals surface area contributed by atoms with Crippen LogP contribution in [0.25, 0.3) is 11.4 Å². The molecule has 126 valence electrons. The highest BCUT2D eigenvalue weighted by Crippen LogP contribution is 2.27. The molecule has 24 heavy (non-hydrogen) atoms. The number of aryl methyl sites for hydroxylation is 1. The molecular formula is C15H14BrN3O3S2. The molecule has 0 aliphatic heterocycles. The largest absolute Gasteiger partial charge is 0.339 e. The summed E-state index contributed by atoms with van der Waals surface area (Å²) >= 11 is 4.47. The highest BCUT2D eigenvalue weighted by atomic mass is 79.9. The molecule has 1 aromatic carbocycles. The van der Waals surface area contributed by atoms with Gasteiger partial charge in [-0.3, -0.25) is 0 Å². The van der Waals surface area contributed by atoms with Crippen LogP contribution in [0.3, 0.4) is 0 Å². The van der Waals surface area contributed by atoms with Crippen molar-refractivity contribution in [2.45, 2.75) is 24.1 Å². The SMILES string of the molecule is CCc1nc(-c2csc(S(=O)(=O)NCc3ccc(Br)cc3)c2)no1. The van der Waals surface area contributed by atoms with Gasteiger partial charge in [0.15, 0.2) is 0 Å². The van der Waals surface area contributed by atoms with E-state index in [1.54, 1.807) is 11.4 Å². The number of benzene rings is 1. The number of hydrogen-bond donors (Lipinski definition) is 1. The van der Waals surface area contributed by atoms with Gasteiger partial charge in [0, 0.05) is 28.4 Å². The topological polar surface area (TPSA) is 85.1 Å². The zero-order valence-electron chi connectivity index (χ0n) is 12.7. The first-order chi connectivity index (χ1) is 11.5. The van der Waals surface area contributed by atoms with E-state index in [1.807, 2.05) is 31.2 Å². The van der Waals surface area contributed by atoms with Gasteiger partial charge in [-0.05, 0) is 23.8 Å². The smallest absolute Gasteiger partial charge is 0.250 e. The number of halogens is 1. The van der Waals surface area contributed by atoms with Gasteiger partial charge in [-0.2, -0.15) is 4.98 Å². The van der Waals surface area contributed by atoms with Crippen molar-refractivity contribution >= 4 is 37.3 Å². The lowest BCUT2D eigenvalue weighted by Crippen LogP contribution is -2.22. The van der Waals surface area contributed by atoms with Crippen LogP contribution in [0.4, 0.5) is 0 Å². The summed E-state index contributed by atoms with van der Waals surface area (Å²) in [7, 11) is -3.58. The molecule has 0 fully saturated rings. The van der Waals surface area contributed by atoms with E-state index in [0.717, 1.165) is 21.4 Å². The highest BCUT2D eigenvalue weighted by molar-refractivity contribution is 9.10. The monoisotopic (exact) mass is 427 g/mol. The third-order valence-electron chi connectivity index (χ3n) is 3.25. The molecule has 0 radical (unpaired) electrons. The first kappa shape index (κ1) is 17.3. The van der Waals surface area contributed by atoms with Gasteiger partial charge in [-0.15, -0.1) is 11.3 Å². The summed E-state index contributed by atoms with van der Waals surface area (Å²) in [5, 5.41) is 5.56. The standard InChI is InChI=1S/C15H14BrN3O3S2/c1-2-13-18-15(19-22-13)11-7-14(23-9-11)24(20,21)17-8-10-3-5-12(16)6-4-10/h3-7,9,17H,2,8H2,1H3. The molecule has 3 aromatic rings. The molecule has 0 aliphatic carbocycles. The quantitative estimate of drug-likeness (QED) is 0.649. The Hall–Kier alpha value is -1.55. The van der Waals surface area contributed by atoms with Crippen LogP contribution in [-0.2, 0) is 23.0 Å². The molecule has 0 unspecified atom stereocenters. The Morgan fingerprint density at radius 2 is 2.04 bits per heavy atom. The summed E-state index contributed by atoms with van der Waals surface area (Å²) in [6.07, 6.45) is 0.636. The van der Waals surface area contributed by atoms with Crippen molar-refractivity contribution in [3.05, 3.63) is 51.6 Å². The van der Waals surface area contributed by atoms with Crippen LogP contribution in [0, 0.1) is 0 Å². The maximum absolute atomic E-state index is 12.4. The Morgan fingerprint density at radius 3 is 2.71 bits per heavy atom. The zero-order valence-corrected chi connectivity index (χ0v) is 15.9. The van der Waals surface area contributed by atoms with Crippen LogP contribution in [0.2, 0.25) is 0 Å². The van der Waals surface area contributed by atoms with E-state index in [4.69, 9.17) is 4.52 Å². The Labute approximate surface area is 152 Å². The van der Waals surface area contributed by atoms with Crippen molar-refractivity contribution in [1.29, 1.82) is 0 Å². The molecule has 0 bridgehead atoms. The van der Waals surface area contributed by atoms with Crippen molar-refractivity contribution in [3.63, 3.8) is 0 Å². The van der Waals surface area contributed by atoms with E-state index in [9.17, 15) is 8.42 Å². The summed E-state index contributed by atoms with van der Waals surface area (Å²) in [4.78, 5) is 4.21. The second-order valence-electron chi connectivity index (χ2n) is 4.97. The number of nitrogens with zero attached hydrogens (tertiary/aromatic N) is 2.